The van der Waals surface area contributed by atoms with Crippen LogP contribution in [-0.4, -0.2) is 4.98 Å². The van der Waals surface area contributed by atoms with E-state index in [9.17, 15) is 0 Å². The summed E-state index contributed by atoms with van der Waals surface area (Å²) in [6.45, 7) is 0. The summed E-state index contributed by atoms with van der Waals surface area (Å²) >= 11 is 0. The molecular weight excluding hydrogens is 422 g/mol. The first-order chi connectivity index (χ1) is 16.1. The monoisotopic (exact) mass is 441 g/mol. The first kappa shape index (κ1) is 18.8. The molecule has 0 unspecified atom stereocenters. The fourth-order valence-corrected chi connectivity index (χ4v) is 3.57. The summed E-state index contributed by atoms with van der Waals surface area (Å²) in [5, 5.41) is 1.85. The molecule has 6 rings (SSSR count). The Morgan fingerprint density at radius 1 is 0.606 bits per heavy atom. The third-order valence-corrected chi connectivity index (χ3v) is 5.11. The number of aromatic nitrogens is 1. The Bertz CT molecular complexity index is 1610. The smallest absolute Gasteiger partial charge is 0.314 e. The van der Waals surface area contributed by atoms with Crippen molar-refractivity contribution in [3.05, 3.63) is 66.7 Å². The first-order valence-corrected chi connectivity index (χ1v) is 10.1. The van der Waals surface area contributed by atoms with Gasteiger partial charge in [-0.3, -0.25) is 21.7 Å². The van der Waals surface area contributed by atoms with Crippen molar-refractivity contribution in [3.63, 3.8) is 0 Å². The second-order valence-electron chi connectivity index (χ2n) is 7.51. The van der Waals surface area contributed by atoms with Crippen molar-refractivity contribution < 1.29 is 13.3 Å². The average Bonchev–Trinajstić information content (AvgIpc) is 3.50. The van der Waals surface area contributed by atoms with Crippen LogP contribution in [0.1, 0.15) is 0 Å². The molecule has 0 aliphatic rings. The van der Waals surface area contributed by atoms with Gasteiger partial charge in [-0.05, 0) is 42.5 Å². The molecule has 0 saturated carbocycles. The lowest BCUT2D eigenvalue weighted by Crippen LogP contribution is -2.08. The Morgan fingerprint density at radius 2 is 1.45 bits per heavy atom. The minimum absolute atomic E-state index is 0.338. The number of nitrogen functional groups attached to an aromatic ring is 2. The first-order valence-electron chi connectivity index (χ1n) is 10.1. The second-order valence-corrected chi connectivity index (χ2v) is 7.51. The van der Waals surface area contributed by atoms with Crippen LogP contribution >= 0.6 is 0 Å². The summed E-state index contributed by atoms with van der Waals surface area (Å²) in [4.78, 5) is 4.36. The van der Waals surface area contributed by atoms with Gasteiger partial charge in [0.25, 0.3) is 0 Å². The van der Waals surface area contributed by atoms with E-state index in [1.54, 1.807) is 18.2 Å². The molecule has 0 radical (unpaired) electrons. The zero-order chi connectivity index (χ0) is 22.4. The van der Waals surface area contributed by atoms with E-state index in [2.05, 4.69) is 26.7 Å². The summed E-state index contributed by atoms with van der Waals surface area (Å²) in [7, 11) is 0. The summed E-state index contributed by atoms with van der Waals surface area (Å²) in [5.41, 5.74) is 28.7. The standard InChI is InChI=1S/C23H19N7O3/c24-14-2-5-17-20(10-14)33-23(26-17)30-28-15-4-6-18-13(7-15)9-22(32-18)29-27-16-3-1-12-8-21(25)31-19(12)11-16/h1-11,27-29H,24-25H2,(H,26,30). The zero-order valence-corrected chi connectivity index (χ0v) is 17.2. The predicted molar refractivity (Wildman–Crippen MR) is 130 cm³/mol. The van der Waals surface area contributed by atoms with Crippen LogP contribution in [-0.2, 0) is 0 Å². The molecule has 6 aromatic rings. The Hall–Kier alpha value is -4.99. The van der Waals surface area contributed by atoms with Gasteiger partial charge in [0.15, 0.2) is 11.5 Å². The lowest BCUT2D eigenvalue weighted by Gasteiger charge is -2.06. The minimum Gasteiger partial charge on any atom is -0.441 e. The van der Waals surface area contributed by atoms with E-state index in [-0.39, 0.29) is 0 Å². The highest BCUT2D eigenvalue weighted by molar-refractivity contribution is 5.86. The lowest BCUT2D eigenvalue weighted by atomic mass is 10.2. The number of benzene rings is 3. The third kappa shape index (κ3) is 3.65. The molecule has 0 bridgehead atoms. The van der Waals surface area contributed by atoms with E-state index in [0.29, 0.717) is 34.6 Å². The van der Waals surface area contributed by atoms with Crippen molar-refractivity contribution >= 4 is 67.9 Å². The highest BCUT2D eigenvalue weighted by Crippen LogP contribution is 2.28. The number of nitrogens with zero attached hydrogens (tertiary/aromatic N) is 1. The lowest BCUT2D eigenvalue weighted by molar-refractivity contribution is 0.620. The molecule has 33 heavy (non-hydrogen) atoms. The number of rotatable bonds is 6. The molecule has 0 atom stereocenters. The molecule has 164 valence electrons. The predicted octanol–water partition coefficient (Wildman–Crippen LogP) is 5.36. The van der Waals surface area contributed by atoms with Crippen molar-refractivity contribution in [2.75, 3.05) is 33.2 Å². The Morgan fingerprint density at radius 3 is 2.39 bits per heavy atom. The Balaban J connectivity index is 1.14. The van der Waals surface area contributed by atoms with Gasteiger partial charge in [-0.15, -0.1) is 0 Å². The number of hydrogen-bond donors (Lipinski definition) is 6. The van der Waals surface area contributed by atoms with Crippen molar-refractivity contribution in [1.29, 1.82) is 0 Å². The minimum atomic E-state index is 0.338. The molecule has 0 aliphatic carbocycles. The number of oxazole rings is 1. The highest BCUT2D eigenvalue weighted by Gasteiger charge is 2.08. The molecule has 0 amide bonds. The maximum atomic E-state index is 5.84. The van der Waals surface area contributed by atoms with E-state index in [4.69, 9.17) is 24.7 Å². The number of anilines is 6. The molecule has 3 aromatic heterocycles. The van der Waals surface area contributed by atoms with Crippen LogP contribution in [0.4, 0.5) is 34.8 Å². The molecule has 0 spiro atoms. The van der Waals surface area contributed by atoms with Crippen LogP contribution in [0.3, 0.4) is 0 Å². The van der Waals surface area contributed by atoms with E-state index in [1.807, 2.05) is 48.5 Å². The van der Waals surface area contributed by atoms with Crippen LogP contribution in [0.2, 0.25) is 0 Å². The normalized spacial score (nSPS) is 11.3. The van der Waals surface area contributed by atoms with Crippen LogP contribution in [0, 0.1) is 0 Å². The summed E-state index contributed by atoms with van der Waals surface area (Å²) in [6.07, 6.45) is 0. The number of hydrazine groups is 2. The maximum Gasteiger partial charge on any atom is 0.314 e. The molecule has 0 fully saturated rings. The average molecular weight is 441 g/mol. The molecule has 0 saturated heterocycles. The summed E-state index contributed by atoms with van der Waals surface area (Å²) < 4.78 is 16.9. The maximum absolute atomic E-state index is 5.84. The number of hydrogen-bond acceptors (Lipinski definition) is 10. The molecule has 10 nitrogen and oxygen atoms in total. The third-order valence-electron chi connectivity index (χ3n) is 5.11. The quantitative estimate of drug-likeness (QED) is 0.147. The van der Waals surface area contributed by atoms with E-state index < -0.39 is 0 Å². The molecule has 3 heterocycles. The highest BCUT2D eigenvalue weighted by atomic mass is 16.4. The Labute approximate surface area is 186 Å². The van der Waals surface area contributed by atoms with Crippen molar-refractivity contribution in [3.8, 4) is 0 Å². The second kappa shape index (κ2) is 7.31. The van der Waals surface area contributed by atoms with Gasteiger partial charge < -0.3 is 24.7 Å². The van der Waals surface area contributed by atoms with Gasteiger partial charge in [0.2, 0.25) is 5.88 Å². The van der Waals surface area contributed by atoms with E-state index in [0.717, 1.165) is 33.2 Å². The SMILES string of the molecule is Nc1ccc2nc(NNc3ccc4oc(NNc5ccc6cc(N)oc6c5)cc4c3)oc2c1. The van der Waals surface area contributed by atoms with Crippen molar-refractivity contribution in [1.82, 2.24) is 4.98 Å². The molecule has 0 aliphatic heterocycles. The summed E-state index contributed by atoms with van der Waals surface area (Å²) in [6, 6.07) is 20.7. The zero-order valence-electron chi connectivity index (χ0n) is 17.2. The van der Waals surface area contributed by atoms with E-state index >= 15 is 0 Å². The number of nitrogens with two attached hydrogens (primary N) is 2. The van der Waals surface area contributed by atoms with Gasteiger partial charge in [0.05, 0.1) is 11.4 Å². The summed E-state index contributed by atoms with van der Waals surface area (Å²) in [5.74, 6) is 0.942. The van der Waals surface area contributed by atoms with Gasteiger partial charge >= 0.3 is 6.01 Å². The fraction of sp³-hybridized carbons (Fsp3) is 0. The fourth-order valence-electron chi connectivity index (χ4n) is 3.57. The van der Waals surface area contributed by atoms with Crippen molar-refractivity contribution in [2.24, 2.45) is 0 Å². The number of fused-ring (bicyclic) bond motifs is 3. The van der Waals surface area contributed by atoms with Gasteiger partial charge in [-0.1, -0.05) is 0 Å². The van der Waals surface area contributed by atoms with Gasteiger partial charge in [-0.2, -0.15) is 4.98 Å². The van der Waals surface area contributed by atoms with Gasteiger partial charge in [0.1, 0.15) is 16.7 Å². The molecule has 10 heteroatoms. The van der Waals surface area contributed by atoms with Gasteiger partial charge in [-0.25, -0.2) is 0 Å². The molecular formula is C23H19N7O3. The van der Waals surface area contributed by atoms with Crippen LogP contribution in [0.15, 0.2) is 80.0 Å². The topological polar surface area (TPSA) is 152 Å². The van der Waals surface area contributed by atoms with Gasteiger partial charge in [0, 0.05) is 40.7 Å². The molecule has 3 aromatic carbocycles. The van der Waals surface area contributed by atoms with Crippen molar-refractivity contribution in [2.45, 2.75) is 0 Å². The Kier molecular flexibility index (Phi) is 4.15. The largest absolute Gasteiger partial charge is 0.441 e. The molecule has 8 N–H and O–H groups in total. The number of furan rings is 2. The van der Waals surface area contributed by atoms with E-state index in [1.165, 1.54) is 0 Å². The van der Waals surface area contributed by atoms with Crippen LogP contribution < -0.4 is 33.2 Å². The van der Waals surface area contributed by atoms with Crippen LogP contribution in [0.5, 0.6) is 0 Å². The number of nitrogens with one attached hydrogen (secondary N) is 4. The van der Waals surface area contributed by atoms with Crippen LogP contribution in [0.25, 0.3) is 33.0 Å².